The van der Waals surface area contributed by atoms with Crippen molar-refractivity contribution in [3.05, 3.63) is 64.2 Å². The molecule has 0 saturated carbocycles. The van der Waals surface area contributed by atoms with Crippen LogP contribution >= 0.6 is 0 Å². The fraction of sp³-hybridized carbons (Fsp3) is 0.250. The van der Waals surface area contributed by atoms with Gasteiger partial charge in [-0.25, -0.2) is 0 Å². The van der Waals surface area contributed by atoms with E-state index in [9.17, 15) is 10.1 Å². The smallest absolute Gasteiger partial charge is 0.270 e. The molecule has 104 valence electrons. The topological polar surface area (TPSA) is 55.2 Å². The van der Waals surface area contributed by atoms with Crippen LogP contribution in [-0.4, -0.2) is 11.5 Å². The first-order valence-electron chi connectivity index (χ1n) is 6.75. The number of hydrogen-bond acceptors (Lipinski definition) is 3. The average Bonchev–Trinajstić information content (AvgIpc) is 2.48. The van der Waals surface area contributed by atoms with Gasteiger partial charge in [-0.2, -0.15) is 0 Å². The Balaban J connectivity index is 2.13. The number of non-ortho nitro benzene ring substituents is 1. The van der Waals surface area contributed by atoms with E-state index >= 15 is 0 Å². The van der Waals surface area contributed by atoms with Gasteiger partial charge in [0.2, 0.25) is 0 Å². The quantitative estimate of drug-likeness (QED) is 0.494. The van der Waals surface area contributed by atoms with E-state index in [1.165, 1.54) is 11.6 Å². The Bertz CT molecular complexity index is 579. The van der Waals surface area contributed by atoms with Crippen molar-refractivity contribution in [2.45, 2.75) is 19.9 Å². The fourth-order valence-electron chi connectivity index (χ4n) is 2.02. The number of rotatable bonds is 6. The van der Waals surface area contributed by atoms with Gasteiger partial charge in [-0.05, 0) is 29.7 Å². The maximum absolute atomic E-state index is 10.8. The first-order valence-corrected chi connectivity index (χ1v) is 6.75. The Morgan fingerprint density at radius 3 is 2.50 bits per heavy atom. The lowest BCUT2D eigenvalue weighted by molar-refractivity contribution is -0.384. The molecule has 0 aliphatic rings. The van der Waals surface area contributed by atoms with Crippen LogP contribution in [0.2, 0.25) is 0 Å². The summed E-state index contributed by atoms with van der Waals surface area (Å²) in [7, 11) is 0. The summed E-state index contributed by atoms with van der Waals surface area (Å²) in [4.78, 5) is 10.4. The molecule has 0 radical (unpaired) electrons. The van der Waals surface area contributed by atoms with E-state index < -0.39 is 0 Å². The van der Waals surface area contributed by atoms with E-state index in [0.29, 0.717) is 0 Å². The third-order valence-corrected chi connectivity index (χ3v) is 3.10. The zero-order valence-corrected chi connectivity index (χ0v) is 11.5. The SMILES string of the molecule is CCCNCc1ccc(-c2cccc([N+](=O)[O-])c2)cc1. The normalized spacial score (nSPS) is 10.4. The minimum atomic E-state index is -0.369. The highest BCUT2D eigenvalue weighted by molar-refractivity contribution is 5.66. The third-order valence-electron chi connectivity index (χ3n) is 3.10. The van der Waals surface area contributed by atoms with Crippen LogP contribution in [-0.2, 0) is 6.54 Å². The molecule has 0 unspecified atom stereocenters. The van der Waals surface area contributed by atoms with E-state index in [1.807, 2.05) is 18.2 Å². The zero-order valence-electron chi connectivity index (χ0n) is 11.5. The summed E-state index contributed by atoms with van der Waals surface area (Å²) in [5, 5.41) is 14.1. The van der Waals surface area contributed by atoms with Crippen molar-refractivity contribution in [3.8, 4) is 11.1 Å². The molecule has 4 heteroatoms. The predicted molar refractivity (Wildman–Crippen MR) is 80.5 cm³/mol. The van der Waals surface area contributed by atoms with Crippen molar-refractivity contribution in [2.75, 3.05) is 6.54 Å². The minimum Gasteiger partial charge on any atom is -0.313 e. The van der Waals surface area contributed by atoms with E-state index in [1.54, 1.807) is 12.1 Å². The molecule has 0 atom stereocenters. The molecule has 0 aliphatic heterocycles. The summed E-state index contributed by atoms with van der Waals surface area (Å²) in [6.07, 6.45) is 1.12. The summed E-state index contributed by atoms with van der Waals surface area (Å²) in [5.41, 5.74) is 3.20. The van der Waals surface area contributed by atoms with Gasteiger partial charge in [-0.1, -0.05) is 43.3 Å². The van der Waals surface area contributed by atoms with Gasteiger partial charge in [0.15, 0.2) is 0 Å². The summed E-state index contributed by atoms with van der Waals surface area (Å²) in [6.45, 7) is 3.99. The number of nitro benzene ring substituents is 1. The van der Waals surface area contributed by atoms with Crippen molar-refractivity contribution < 1.29 is 4.92 Å². The molecular formula is C16H18N2O2. The Morgan fingerprint density at radius 2 is 1.85 bits per heavy atom. The molecular weight excluding hydrogens is 252 g/mol. The molecule has 1 N–H and O–H groups in total. The Hall–Kier alpha value is -2.20. The second-order valence-corrected chi connectivity index (χ2v) is 4.68. The number of nitrogens with one attached hydrogen (secondary N) is 1. The molecule has 2 rings (SSSR count). The van der Waals surface area contributed by atoms with Gasteiger partial charge in [0, 0.05) is 18.7 Å². The first kappa shape index (κ1) is 14.2. The van der Waals surface area contributed by atoms with Crippen LogP contribution in [0.3, 0.4) is 0 Å². The van der Waals surface area contributed by atoms with Crippen LogP contribution in [0.4, 0.5) is 5.69 Å². The van der Waals surface area contributed by atoms with Gasteiger partial charge in [-0.15, -0.1) is 0 Å². The Labute approximate surface area is 118 Å². The van der Waals surface area contributed by atoms with Crippen molar-refractivity contribution in [1.29, 1.82) is 0 Å². The lowest BCUT2D eigenvalue weighted by atomic mass is 10.0. The van der Waals surface area contributed by atoms with Gasteiger partial charge in [0.25, 0.3) is 5.69 Å². The molecule has 0 heterocycles. The number of nitrogens with zero attached hydrogens (tertiary/aromatic N) is 1. The summed E-state index contributed by atoms with van der Waals surface area (Å²) < 4.78 is 0. The van der Waals surface area contributed by atoms with Crippen molar-refractivity contribution >= 4 is 5.69 Å². The predicted octanol–water partition coefficient (Wildman–Crippen LogP) is 3.76. The van der Waals surface area contributed by atoms with E-state index in [-0.39, 0.29) is 10.6 Å². The molecule has 0 amide bonds. The van der Waals surface area contributed by atoms with Gasteiger partial charge in [0.1, 0.15) is 0 Å². The monoisotopic (exact) mass is 270 g/mol. The van der Waals surface area contributed by atoms with Crippen LogP contribution in [0.1, 0.15) is 18.9 Å². The molecule has 0 saturated heterocycles. The molecule has 0 bridgehead atoms. The van der Waals surface area contributed by atoms with Crippen LogP contribution in [0, 0.1) is 10.1 Å². The highest BCUT2D eigenvalue weighted by Crippen LogP contribution is 2.24. The van der Waals surface area contributed by atoms with Gasteiger partial charge in [-0.3, -0.25) is 10.1 Å². The largest absolute Gasteiger partial charge is 0.313 e. The molecule has 20 heavy (non-hydrogen) atoms. The van der Waals surface area contributed by atoms with Crippen molar-refractivity contribution in [3.63, 3.8) is 0 Å². The lowest BCUT2D eigenvalue weighted by Gasteiger charge is -2.05. The summed E-state index contributed by atoms with van der Waals surface area (Å²) >= 11 is 0. The van der Waals surface area contributed by atoms with Crippen molar-refractivity contribution in [2.24, 2.45) is 0 Å². The molecule has 2 aromatic carbocycles. The van der Waals surface area contributed by atoms with Crippen LogP contribution in [0.15, 0.2) is 48.5 Å². The number of hydrogen-bond donors (Lipinski definition) is 1. The van der Waals surface area contributed by atoms with Gasteiger partial charge < -0.3 is 5.32 Å². The fourth-order valence-corrected chi connectivity index (χ4v) is 2.02. The van der Waals surface area contributed by atoms with Gasteiger partial charge >= 0.3 is 0 Å². The number of benzene rings is 2. The van der Waals surface area contributed by atoms with E-state index in [2.05, 4.69) is 24.4 Å². The second-order valence-electron chi connectivity index (χ2n) is 4.68. The summed E-state index contributed by atoms with van der Waals surface area (Å²) in [5.74, 6) is 0. The van der Waals surface area contributed by atoms with E-state index in [4.69, 9.17) is 0 Å². The first-order chi connectivity index (χ1) is 9.70. The Morgan fingerprint density at radius 1 is 1.10 bits per heavy atom. The lowest BCUT2D eigenvalue weighted by Crippen LogP contribution is -2.13. The third kappa shape index (κ3) is 3.65. The molecule has 0 fully saturated rings. The minimum absolute atomic E-state index is 0.121. The summed E-state index contributed by atoms with van der Waals surface area (Å²) in [6, 6.07) is 14.8. The maximum atomic E-state index is 10.8. The zero-order chi connectivity index (χ0) is 14.4. The highest BCUT2D eigenvalue weighted by Gasteiger charge is 2.06. The van der Waals surface area contributed by atoms with Crippen LogP contribution in [0.25, 0.3) is 11.1 Å². The molecule has 4 nitrogen and oxygen atoms in total. The standard InChI is InChI=1S/C16H18N2O2/c1-2-10-17-12-13-6-8-14(9-7-13)15-4-3-5-16(11-15)18(19)20/h3-9,11,17H,2,10,12H2,1H3. The molecule has 0 spiro atoms. The average molecular weight is 270 g/mol. The van der Waals surface area contributed by atoms with Gasteiger partial charge in [0.05, 0.1) is 4.92 Å². The molecule has 0 aliphatic carbocycles. The Kier molecular flexibility index (Phi) is 4.85. The van der Waals surface area contributed by atoms with Crippen LogP contribution in [0.5, 0.6) is 0 Å². The maximum Gasteiger partial charge on any atom is 0.270 e. The van der Waals surface area contributed by atoms with E-state index in [0.717, 1.165) is 30.6 Å². The van der Waals surface area contributed by atoms with Crippen molar-refractivity contribution in [1.82, 2.24) is 5.32 Å². The molecule has 2 aromatic rings. The highest BCUT2D eigenvalue weighted by atomic mass is 16.6. The molecule has 0 aromatic heterocycles. The van der Waals surface area contributed by atoms with Crippen LogP contribution < -0.4 is 5.32 Å². The second kappa shape index (κ2) is 6.82. The number of nitro groups is 1.